The first-order valence-electron chi connectivity index (χ1n) is 8.27. The minimum absolute atomic E-state index is 0.103. The van der Waals surface area contributed by atoms with Crippen molar-refractivity contribution in [3.05, 3.63) is 65.4 Å². The smallest absolute Gasteiger partial charge is 0.310 e. The molecule has 0 saturated heterocycles. The molecule has 0 bridgehead atoms. The maximum Gasteiger partial charge on any atom is 0.310 e. The van der Waals surface area contributed by atoms with Gasteiger partial charge in [0.25, 0.3) is 0 Å². The van der Waals surface area contributed by atoms with Crippen LogP contribution in [0, 0.1) is 0 Å². The van der Waals surface area contributed by atoms with Gasteiger partial charge in [-0.2, -0.15) is 0 Å². The number of aromatic hydroxyl groups is 1. The third-order valence-corrected chi connectivity index (χ3v) is 4.19. The molecule has 130 valence electrons. The summed E-state index contributed by atoms with van der Waals surface area (Å²) in [5.41, 5.74) is 3.62. The average molecular weight is 338 g/mol. The molecule has 4 heteroatoms. The highest BCUT2D eigenvalue weighted by atomic mass is 16.5. The van der Waals surface area contributed by atoms with Crippen LogP contribution >= 0.6 is 0 Å². The normalized spacial score (nSPS) is 11.6. The number of phenols is 1. The van der Waals surface area contributed by atoms with Crippen LogP contribution < -0.4 is 0 Å². The molecule has 3 aromatic rings. The van der Waals surface area contributed by atoms with Crippen LogP contribution in [0.3, 0.4) is 0 Å². The molecule has 0 atom stereocenters. The Kier molecular flexibility index (Phi) is 4.53. The summed E-state index contributed by atoms with van der Waals surface area (Å²) in [4.78, 5) is 12.1. The molecule has 1 N–H and O–H groups in total. The van der Waals surface area contributed by atoms with Gasteiger partial charge in [-0.25, -0.2) is 0 Å². The second-order valence-electron chi connectivity index (χ2n) is 7.23. The van der Waals surface area contributed by atoms with Crippen LogP contribution in [0.4, 0.5) is 0 Å². The zero-order valence-corrected chi connectivity index (χ0v) is 14.7. The van der Waals surface area contributed by atoms with Gasteiger partial charge in [-0.05, 0) is 28.7 Å². The third kappa shape index (κ3) is 4.02. The van der Waals surface area contributed by atoms with Crippen molar-refractivity contribution >= 4 is 16.9 Å². The summed E-state index contributed by atoms with van der Waals surface area (Å²) >= 11 is 0. The molecule has 4 nitrogen and oxygen atoms in total. The van der Waals surface area contributed by atoms with Gasteiger partial charge in [0, 0.05) is 17.0 Å². The second-order valence-corrected chi connectivity index (χ2v) is 7.23. The van der Waals surface area contributed by atoms with E-state index in [0.29, 0.717) is 5.58 Å². The SMILES string of the molecule is CC(C)(C)c1ccc(COC(=O)Cc2coc3cc(O)ccc23)cc1. The van der Waals surface area contributed by atoms with Gasteiger partial charge in [-0.3, -0.25) is 4.79 Å². The summed E-state index contributed by atoms with van der Waals surface area (Å²) in [5, 5.41) is 10.3. The van der Waals surface area contributed by atoms with Crippen LogP contribution in [0.15, 0.2) is 53.1 Å². The molecule has 0 aliphatic carbocycles. The quantitative estimate of drug-likeness (QED) is 0.699. The Bertz CT molecular complexity index is 882. The Morgan fingerprint density at radius 1 is 1.12 bits per heavy atom. The van der Waals surface area contributed by atoms with Crippen molar-refractivity contribution in [3.8, 4) is 5.75 Å². The Balaban J connectivity index is 1.61. The maximum atomic E-state index is 12.1. The molecule has 1 aromatic heterocycles. The van der Waals surface area contributed by atoms with Crippen molar-refractivity contribution in [2.24, 2.45) is 0 Å². The van der Waals surface area contributed by atoms with Crippen molar-refractivity contribution in [3.63, 3.8) is 0 Å². The lowest BCUT2D eigenvalue weighted by Gasteiger charge is -2.19. The maximum absolute atomic E-state index is 12.1. The zero-order chi connectivity index (χ0) is 18.0. The number of esters is 1. The minimum atomic E-state index is -0.310. The number of furan rings is 1. The minimum Gasteiger partial charge on any atom is -0.508 e. The Labute approximate surface area is 147 Å². The van der Waals surface area contributed by atoms with Crippen LogP contribution in [0.5, 0.6) is 5.75 Å². The Morgan fingerprint density at radius 2 is 1.84 bits per heavy atom. The fraction of sp³-hybridized carbons (Fsp3) is 0.286. The highest BCUT2D eigenvalue weighted by Crippen LogP contribution is 2.26. The summed E-state index contributed by atoms with van der Waals surface area (Å²) in [6, 6.07) is 13.0. The fourth-order valence-electron chi connectivity index (χ4n) is 2.68. The van der Waals surface area contributed by atoms with E-state index < -0.39 is 0 Å². The fourth-order valence-corrected chi connectivity index (χ4v) is 2.68. The summed E-state index contributed by atoms with van der Waals surface area (Å²) in [6.45, 7) is 6.74. The van der Waals surface area contributed by atoms with Gasteiger partial charge in [-0.15, -0.1) is 0 Å². The lowest BCUT2D eigenvalue weighted by Crippen LogP contribution is -2.11. The van der Waals surface area contributed by atoms with Crippen LogP contribution in [-0.4, -0.2) is 11.1 Å². The molecule has 0 aliphatic rings. The molecular formula is C21H22O4. The van der Waals surface area contributed by atoms with Gasteiger partial charge < -0.3 is 14.3 Å². The van der Waals surface area contributed by atoms with Crippen LogP contribution in [-0.2, 0) is 28.0 Å². The predicted molar refractivity (Wildman–Crippen MR) is 96.5 cm³/mol. The van der Waals surface area contributed by atoms with Gasteiger partial charge in [0.05, 0.1) is 12.7 Å². The molecule has 25 heavy (non-hydrogen) atoms. The Morgan fingerprint density at radius 3 is 2.52 bits per heavy atom. The largest absolute Gasteiger partial charge is 0.508 e. The molecular weight excluding hydrogens is 316 g/mol. The second kappa shape index (κ2) is 6.63. The number of fused-ring (bicyclic) bond motifs is 1. The topological polar surface area (TPSA) is 59.7 Å². The van der Waals surface area contributed by atoms with E-state index in [9.17, 15) is 9.90 Å². The first-order chi connectivity index (χ1) is 11.8. The van der Waals surface area contributed by atoms with Crippen LogP contribution in [0.25, 0.3) is 11.0 Å². The molecule has 2 aromatic carbocycles. The standard InChI is InChI=1S/C21H22O4/c1-21(2,3)16-6-4-14(5-7-16)12-25-20(23)10-15-13-24-19-11-17(22)8-9-18(15)19/h4-9,11,13,22H,10,12H2,1-3H3. The Hall–Kier alpha value is -2.75. The highest BCUT2D eigenvalue weighted by Gasteiger charge is 2.14. The number of carbonyl (C=O) groups excluding carboxylic acids is 1. The average Bonchev–Trinajstić information content (AvgIpc) is 2.94. The third-order valence-electron chi connectivity index (χ3n) is 4.19. The molecule has 0 unspecified atom stereocenters. The van der Waals surface area contributed by atoms with E-state index in [-0.39, 0.29) is 30.2 Å². The summed E-state index contributed by atoms with van der Waals surface area (Å²) in [7, 11) is 0. The van der Waals surface area contributed by atoms with Crippen molar-refractivity contribution in [2.45, 2.75) is 39.2 Å². The molecule has 3 rings (SSSR count). The molecule has 1 heterocycles. The van der Waals surface area contributed by atoms with Crippen molar-refractivity contribution in [1.29, 1.82) is 0 Å². The molecule has 0 radical (unpaired) electrons. The summed E-state index contributed by atoms with van der Waals surface area (Å²) in [5.74, 6) is -0.176. The van der Waals surface area contributed by atoms with E-state index in [0.717, 1.165) is 16.5 Å². The zero-order valence-electron chi connectivity index (χ0n) is 14.7. The lowest BCUT2D eigenvalue weighted by atomic mass is 9.87. The number of rotatable bonds is 4. The first kappa shape index (κ1) is 17.1. The van der Waals surface area contributed by atoms with Crippen molar-refractivity contribution in [2.75, 3.05) is 0 Å². The number of benzene rings is 2. The van der Waals surface area contributed by atoms with Crippen molar-refractivity contribution < 1.29 is 19.1 Å². The number of ether oxygens (including phenoxy) is 1. The number of carbonyl (C=O) groups is 1. The predicted octanol–water partition coefficient (Wildman–Crippen LogP) is 4.72. The van der Waals surface area contributed by atoms with Gasteiger partial charge in [0.2, 0.25) is 0 Å². The van der Waals surface area contributed by atoms with E-state index in [1.54, 1.807) is 12.1 Å². The van der Waals surface area contributed by atoms with E-state index in [1.807, 2.05) is 12.1 Å². The van der Waals surface area contributed by atoms with Crippen LogP contribution in [0.2, 0.25) is 0 Å². The first-order valence-corrected chi connectivity index (χ1v) is 8.27. The number of hydrogen-bond acceptors (Lipinski definition) is 4. The number of phenolic OH excluding ortho intramolecular Hbond substituents is 1. The van der Waals surface area contributed by atoms with E-state index in [2.05, 4.69) is 32.9 Å². The van der Waals surface area contributed by atoms with Gasteiger partial charge in [0.1, 0.15) is 17.9 Å². The van der Waals surface area contributed by atoms with Gasteiger partial charge >= 0.3 is 5.97 Å². The molecule has 0 saturated carbocycles. The molecule has 0 amide bonds. The van der Waals surface area contributed by atoms with Gasteiger partial charge in [-0.1, -0.05) is 45.0 Å². The molecule has 0 aliphatic heterocycles. The van der Waals surface area contributed by atoms with E-state index in [4.69, 9.17) is 9.15 Å². The lowest BCUT2D eigenvalue weighted by molar-refractivity contribution is -0.144. The molecule has 0 spiro atoms. The van der Waals surface area contributed by atoms with Gasteiger partial charge in [0.15, 0.2) is 0 Å². The monoisotopic (exact) mass is 338 g/mol. The van der Waals surface area contributed by atoms with Crippen molar-refractivity contribution in [1.82, 2.24) is 0 Å². The summed E-state index contributed by atoms with van der Waals surface area (Å²) < 4.78 is 10.7. The molecule has 0 fully saturated rings. The van der Waals surface area contributed by atoms with E-state index >= 15 is 0 Å². The number of hydrogen-bond donors (Lipinski definition) is 1. The highest BCUT2D eigenvalue weighted by molar-refractivity contribution is 5.86. The summed E-state index contributed by atoms with van der Waals surface area (Å²) in [6.07, 6.45) is 1.67. The van der Waals surface area contributed by atoms with E-state index in [1.165, 1.54) is 17.9 Å². The van der Waals surface area contributed by atoms with Crippen LogP contribution in [0.1, 0.15) is 37.5 Å².